The van der Waals surface area contributed by atoms with Gasteiger partial charge in [-0.3, -0.25) is 4.98 Å². The Labute approximate surface area is 144 Å². The zero-order valence-electron chi connectivity index (χ0n) is 12.4. The van der Waals surface area contributed by atoms with Crippen LogP contribution in [-0.4, -0.2) is 39.5 Å². The predicted molar refractivity (Wildman–Crippen MR) is 90.7 cm³/mol. The fourth-order valence-corrected chi connectivity index (χ4v) is 3.95. The molecule has 0 radical (unpaired) electrons. The maximum absolute atomic E-state index is 5.75. The maximum atomic E-state index is 5.75. The average Bonchev–Trinajstić information content (AvgIpc) is 3.21. The van der Waals surface area contributed by atoms with Gasteiger partial charge < -0.3 is 14.6 Å². The zero-order chi connectivity index (χ0) is 14.5. The van der Waals surface area contributed by atoms with Gasteiger partial charge in [-0.25, -0.2) is 0 Å². The van der Waals surface area contributed by atoms with Crippen molar-refractivity contribution >= 4 is 35.5 Å². The van der Waals surface area contributed by atoms with Gasteiger partial charge in [0.25, 0.3) is 0 Å². The Morgan fingerprint density at radius 2 is 2.41 bits per heavy atom. The van der Waals surface area contributed by atoms with E-state index in [9.17, 15) is 0 Å². The number of nitrogens with zero attached hydrogens (tertiary/aromatic N) is 4. The van der Waals surface area contributed by atoms with Gasteiger partial charge in [0.2, 0.25) is 0 Å². The Kier molecular flexibility index (Phi) is 7.10. The van der Waals surface area contributed by atoms with Crippen LogP contribution in [0.5, 0.6) is 0 Å². The average molecular weight is 362 g/mol. The second-order valence-corrected chi connectivity index (χ2v) is 6.84. The van der Waals surface area contributed by atoms with Crippen LogP contribution in [0.15, 0.2) is 16.9 Å². The number of ether oxygens (including phenoxy) is 1. The first-order valence-electron chi connectivity index (χ1n) is 7.05. The third-order valence-corrected chi connectivity index (χ3v) is 5.34. The molecule has 0 saturated carbocycles. The molecule has 2 aromatic rings. The van der Waals surface area contributed by atoms with Crippen molar-refractivity contribution in [2.24, 2.45) is 0 Å². The summed E-state index contributed by atoms with van der Waals surface area (Å²) in [7, 11) is 1.93. The molecule has 9 heteroatoms. The number of hydrogen-bond donors (Lipinski definition) is 1. The second-order valence-electron chi connectivity index (χ2n) is 4.93. The minimum absolute atomic E-state index is 0. The first kappa shape index (κ1) is 17.7. The molecule has 2 aromatic heterocycles. The Bertz CT molecular complexity index is 557. The SMILES string of the molecule is CNCc1nnc(SCc2cncs2)n1CC1CCCO1.Cl. The van der Waals surface area contributed by atoms with E-state index in [1.165, 1.54) is 4.88 Å². The molecule has 0 aliphatic carbocycles. The van der Waals surface area contributed by atoms with Gasteiger partial charge in [0.1, 0.15) is 5.82 Å². The molecule has 1 aliphatic rings. The van der Waals surface area contributed by atoms with Crippen LogP contribution in [0.2, 0.25) is 0 Å². The molecule has 1 aliphatic heterocycles. The molecule has 0 aromatic carbocycles. The van der Waals surface area contributed by atoms with Gasteiger partial charge >= 0.3 is 0 Å². The lowest BCUT2D eigenvalue weighted by Crippen LogP contribution is -2.20. The fourth-order valence-electron chi connectivity index (χ4n) is 2.34. The van der Waals surface area contributed by atoms with Gasteiger partial charge in [0.05, 0.1) is 24.7 Å². The highest BCUT2D eigenvalue weighted by Gasteiger charge is 2.20. The minimum atomic E-state index is 0. The molecule has 1 N–H and O–H groups in total. The third kappa shape index (κ3) is 4.42. The van der Waals surface area contributed by atoms with Crippen molar-refractivity contribution in [2.75, 3.05) is 13.7 Å². The molecule has 1 saturated heterocycles. The molecule has 3 heterocycles. The summed E-state index contributed by atoms with van der Waals surface area (Å²) < 4.78 is 7.94. The van der Waals surface area contributed by atoms with Crippen LogP contribution in [0.25, 0.3) is 0 Å². The zero-order valence-corrected chi connectivity index (χ0v) is 14.8. The molecular formula is C13H20ClN5OS2. The number of aromatic nitrogens is 4. The van der Waals surface area contributed by atoms with Crippen LogP contribution in [0, 0.1) is 0 Å². The van der Waals surface area contributed by atoms with Crippen molar-refractivity contribution in [3.05, 3.63) is 22.4 Å². The standard InChI is InChI=1S/C13H19N5OS2.ClH/c1-14-6-12-16-17-13(20-8-11-5-15-9-21-11)18(12)7-10-3-2-4-19-10;/h5,9-10,14H,2-4,6-8H2,1H3;1H. The summed E-state index contributed by atoms with van der Waals surface area (Å²) in [6.07, 6.45) is 4.47. The second kappa shape index (κ2) is 8.83. The summed E-state index contributed by atoms with van der Waals surface area (Å²) in [5.74, 6) is 1.85. The normalized spacial score (nSPS) is 17.6. The van der Waals surface area contributed by atoms with E-state index in [0.29, 0.717) is 6.10 Å². The smallest absolute Gasteiger partial charge is 0.191 e. The number of thioether (sulfide) groups is 1. The largest absolute Gasteiger partial charge is 0.376 e. The first-order chi connectivity index (χ1) is 10.4. The van der Waals surface area contributed by atoms with Crippen molar-refractivity contribution in [2.45, 2.75) is 42.9 Å². The molecule has 3 rings (SSSR count). The van der Waals surface area contributed by atoms with Crippen LogP contribution in [0.3, 0.4) is 0 Å². The van der Waals surface area contributed by atoms with E-state index >= 15 is 0 Å². The van der Waals surface area contributed by atoms with Crippen LogP contribution in [-0.2, 0) is 23.6 Å². The third-order valence-electron chi connectivity index (χ3n) is 3.37. The van der Waals surface area contributed by atoms with Crippen LogP contribution in [0.1, 0.15) is 23.5 Å². The lowest BCUT2D eigenvalue weighted by molar-refractivity contribution is 0.0941. The monoisotopic (exact) mass is 361 g/mol. The number of halogens is 1. The molecule has 1 fully saturated rings. The van der Waals surface area contributed by atoms with E-state index in [2.05, 4.69) is 25.1 Å². The van der Waals surface area contributed by atoms with E-state index < -0.39 is 0 Å². The van der Waals surface area contributed by atoms with Crippen LogP contribution in [0.4, 0.5) is 0 Å². The van der Waals surface area contributed by atoms with E-state index in [1.807, 2.05) is 18.8 Å². The molecule has 1 atom stereocenters. The van der Waals surface area contributed by atoms with Crippen molar-refractivity contribution in [1.29, 1.82) is 0 Å². The van der Waals surface area contributed by atoms with Crippen molar-refractivity contribution in [1.82, 2.24) is 25.1 Å². The topological polar surface area (TPSA) is 64.9 Å². The van der Waals surface area contributed by atoms with Gasteiger partial charge in [-0.2, -0.15) is 0 Å². The van der Waals surface area contributed by atoms with Gasteiger partial charge in [-0.15, -0.1) is 33.9 Å². The maximum Gasteiger partial charge on any atom is 0.191 e. The van der Waals surface area contributed by atoms with E-state index in [1.54, 1.807) is 23.1 Å². The number of nitrogens with one attached hydrogen (secondary N) is 1. The van der Waals surface area contributed by atoms with Crippen LogP contribution < -0.4 is 5.32 Å². The minimum Gasteiger partial charge on any atom is -0.376 e. The van der Waals surface area contributed by atoms with Gasteiger partial charge in [0, 0.05) is 23.4 Å². The number of thiazole rings is 1. The summed E-state index contributed by atoms with van der Waals surface area (Å²) in [4.78, 5) is 5.36. The lowest BCUT2D eigenvalue weighted by atomic mass is 10.2. The Hall–Kier alpha value is -0.670. The summed E-state index contributed by atoms with van der Waals surface area (Å²) >= 11 is 3.38. The van der Waals surface area contributed by atoms with Crippen molar-refractivity contribution < 1.29 is 4.74 Å². The molecular weight excluding hydrogens is 342 g/mol. The quantitative estimate of drug-likeness (QED) is 0.764. The molecule has 1 unspecified atom stereocenters. The van der Waals surface area contributed by atoms with Gasteiger partial charge in [0.15, 0.2) is 5.16 Å². The number of rotatable bonds is 7. The molecule has 22 heavy (non-hydrogen) atoms. The Morgan fingerprint density at radius 1 is 1.50 bits per heavy atom. The first-order valence-corrected chi connectivity index (χ1v) is 8.92. The lowest BCUT2D eigenvalue weighted by Gasteiger charge is -2.14. The van der Waals surface area contributed by atoms with Gasteiger partial charge in [-0.05, 0) is 19.9 Å². The molecule has 122 valence electrons. The summed E-state index contributed by atoms with van der Waals surface area (Å²) in [5, 5.41) is 12.8. The summed E-state index contributed by atoms with van der Waals surface area (Å²) in [5.41, 5.74) is 1.86. The molecule has 0 bridgehead atoms. The molecule has 6 nitrogen and oxygen atoms in total. The number of hydrogen-bond acceptors (Lipinski definition) is 7. The highest BCUT2D eigenvalue weighted by Crippen LogP contribution is 2.25. The van der Waals surface area contributed by atoms with Crippen molar-refractivity contribution in [3.8, 4) is 0 Å². The Morgan fingerprint density at radius 3 is 3.09 bits per heavy atom. The van der Waals surface area contributed by atoms with Gasteiger partial charge in [-0.1, -0.05) is 11.8 Å². The predicted octanol–water partition coefficient (Wildman–Crippen LogP) is 2.35. The highest BCUT2D eigenvalue weighted by molar-refractivity contribution is 7.98. The van der Waals surface area contributed by atoms with E-state index in [0.717, 1.165) is 49.3 Å². The van der Waals surface area contributed by atoms with E-state index in [-0.39, 0.29) is 12.4 Å². The fraction of sp³-hybridized carbons (Fsp3) is 0.615. The summed E-state index contributed by atoms with van der Waals surface area (Å²) in [6, 6.07) is 0. The molecule has 0 amide bonds. The molecule has 0 spiro atoms. The van der Waals surface area contributed by atoms with Crippen LogP contribution >= 0.6 is 35.5 Å². The van der Waals surface area contributed by atoms with E-state index in [4.69, 9.17) is 4.74 Å². The highest BCUT2D eigenvalue weighted by atomic mass is 35.5. The van der Waals surface area contributed by atoms with Crippen molar-refractivity contribution in [3.63, 3.8) is 0 Å². The Balaban J connectivity index is 0.00000176. The summed E-state index contributed by atoms with van der Waals surface area (Å²) in [6.45, 7) is 2.44.